The molecule has 2 aromatic carbocycles. The molecule has 110 valence electrons. The molecule has 2 aromatic rings. The van der Waals surface area contributed by atoms with Gasteiger partial charge in [0.05, 0.1) is 16.3 Å². The Hall–Kier alpha value is -2.27. The molecule has 0 aliphatic rings. The van der Waals surface area contributed by atoms with Crippen molar-refractivity contribution >= 4 is 28.9 Å². The third kappa shape index (κ3) is 3.44. The molecular formula is C15H14ClFN2O2. The molecule has 0 saturated carbocycles. The third-order valence-corrected chi connectivity index (χ3v) is 3.32. The predicted octanol–water partition coefficient (Wildman–Crippen LogP) is 3.40. The lowest BCUT2D eigenvalue weighted by atomic mass is 10.1. The largest absolute Gasteiger partial charge is 0.478 e. The van der Waals surface area contributed by atoms with Crippen molar-refractivity contribution in [1.29, 1.82) is 0 Å². The Labute approximate surface area is 126 Å². The number of nitrogens with zero attached hydrogens (tertiary/aromatic N) is 1. The minimum Gasteiger partial charge on any atom is -0.478 e. The van der Waals surface area contributed by atoms with E-state index in [1.807, 2.05) is 0 Å². The number of hydrogen-bond donors (Lipinski definition) is 2. The van der Waals surface area contributed by atoms with Gasteiger partial charge in [0.15, 0.2) is 0 Å². The Morgan fingerprint density at radius 1 is 1.33 bits per heavy atom. The molecular weight excluding hydrogens is 295 g/mol. The standard InChI is InChI=1S/C15H14ClFN2O2/c1-19(8-9-2-4-10(17)5-3-9)14-12(15(20)21)6-11(18)7-13(14)16/h2-7H,8,18H2,1H3,(H,20,21). The third-order valence-electron chi connectivity index (χ3n) is 3.03. The van der Waals surface area contributed by atoms with E-state index >= 15 is 0 Å². The molecule has 0 bridgehead atoms. The number of halogens is 2. The summed E-state index contributed by atoms with van der Waals surface area (Å²) in [5, 5.41) is 9.54. The van der Waals surface area contributed by atoms with Crippen LogP contribution in [0.3, 0.4) is 0 Å². The zero-order valence-corrected chi connectivity index (χ0v) is 12.1. The molecule has 0 heterocycles. The van der Waals surface area contributed by atoms with E-state index in [-0.39, 0.29) is 22.1 Å². The number of aromatic carboxylic acids is 1. The van der Waals surface area contributed by atoms with E-state index in [4.69, 9.17) is 17.3 Å². The van der Waals surface area contributed by atoms with Gasteiger partial charge >= 0.3 is 5.97 Å². The maximum Gasteiger partial charge on any atom is 0.337 e. The normalized spacial score (nSPS) is 10.4. The number of nitrogens with two attached hydrogens (primary N) is 1. The van der Waals surface area contributed by atoms with Crippen LogP contribution < -0.4 is 10.6 Å². The number of nitrogen functional groups attached to an aromatic ring is 1. The van der Waals surface area contributed by atoms with Crippen LogP contribution in [0.1, 0.15) is 15.9 Å². The molecule has 0 radical (unpaired) electrons. The number of carboxylic acids is 1. The molecule has 0 aliphatic heterocycles. The van der Waals surface area contributed by atoms with Gasteiger partial charge in [-0.3, -0.25) is 0 Å². The van der Waals surface area contributed by atoms with Gasteiger partial charge in [0.1, 0.15) is 5.82 Å². The SMILES string of the molecule is CN(Cc1ccc(F)cc1)c1c(Cl)cc(N)cc1C(=O)O. The van der Waals surface area contributed by atoms with Crippen molar-refractivity contribution in [3.05, 3.63) is 58.4 Å². The van der Waals surface area contributed by atoms with Gasteiger partial charge < -0.3 is 15.7 Å². The van der Waals surface area contributed by atoms with Crippen LogP contribution in [-0.2, 0) is 6.54 Å². The summed E-state index contributed by atoms with van der Waals surface area (Å²) in [6.45, 7) is 0.393. The second kappa shape index (κ2) is 6.01. The van der Waals surface area contributed by atoms with Crippen LogP contribution in [0.2, 0.25) is 5.02 Å². The molecule has 0 fully saturated rings. The predicted molar refractivity (Wildman–Crippen MR) is 81.3 cm³/mol. The molecule has 3 N–H and O–H groups in total. The fourth-order valence-corrected chi connectivity index (χ4v) is 2.49. The first-order chi connectivity index (χ1) is 9.88. The van der Waals surface area contributed by atoms with E-state index < -0.39 is 5.97 Å². The molecule has 0 atom stereocenters. The second-order valence-corrected chi connectivity index (χ2v) is 5.09. The van der Waals surface area contributed by atoms with E-state index in [0.29, 0.717) is 12.2 Å². The molecule has 6 heteroatoms. The van der Waals surface area contributed by atoms with Gasteiger partial charge in [0, 0.05) is 19.3 Å². The van der Waals surface area contributed by atoms with Crippen LogP contribution in [0.5, 0.6) is 0 Å². The Morgan fingerprint density at radius 2 is 1.95 bits per heavy atom. The zero-order valence-electron chi connectivity index (χ0n) is 11.3. The summed E-state index contributed by atoms with van der Waals surface area (Å²) in [7, 11) is 1.72. The molecule has 0 amide bonds. The number of carbonyl (C=O) groups is 1. The van der Waals surface area contributed by atoms with E-state index in [1.165, 1.54) is 24.3 Å². The zero-order chi connectivity index (χ0) is 15.6. The van der Waals surface area contributed by atoms with Crippen molar-refractivity contribution < 1.29 is 14.3 Å². The maximum atomic E-state index is 12.9. The lowest BCUT2D eigenvalue weighted by Gasteiger charge is -2.23. The Bertz CT molecular complexity index is 674. The van der Waals surface area contributed by atoms with Gasteiger partial charge in [0.2, 0.25) is 0 Å². The van der Waals surface area contributed by atoms with Crippen molar-refractivity contribution in [3.8, 4) is 0 Å². The molecule has 4 nitrogen and oxygen atoms in total. The monoisotopic (exact) mass is 308 g/mol. The molecule has 0 unspecified atom stereocenters. The fourth-order valence-electron chi connectivity index (χ4n) is 2.11. The highest BCUT2D eigenvalue weighted by molar-refractivity contribution is 6.34. The second-order valence-electron chi connectivity index (χ2n) is 4.69. The van der Waals surface area contributed by atoms with Gasteiger partial charge in [0.25, 0.3) is 0 Å². The van der Waals surface area contributed by atoms with Gasteiger partial charge in [-0.05, 0) is 29.8 Å². The number of hydrogen-bond acceptors (Lipinski definition) is 3. The van der Waals surface area contributed by atoms with E-state index in [9.17, 15) is 14.3 Å². The topological polar surface area (TPSA) is 66.6 Å². The summed E-state index contributed by atoms with van der Waals surface area (Å²) in [5.41, 5.74) is 7.16. The Kier molecular flexibility index (Phi) is 4.33. The average Bonchev–Trinajstić information content (AvgIpc) is 2.40. The van der Waals surface area contributed by atoms with Crippen LogP contribution in [0.25, 0.3) is 0 Å². The van der Waals surface area contributed by atoms with Crippen LogP contribution in [0.4, 0.5) is 15.8 Å². The number of anilines is 2. The summed E-state index contributed by atoms with van der Waals surface area (Å²) in [5.74, 6) is -1.43. The van der Waals surface area contributed by atoms with Crippen molar-refractivity contribution in [2.24, 2.45) is 0 Å². The lowest BCUT2D eigenvalue weighted by Crippen LogP contribution is -2.20. The fraction of sp³-hybridized carbons (Fsp3) is 0.133. The highest BCUT2D eigenvalue weighted by Gasteiger charge is 2.18. The first-order valence-corrected chi connectivity index (χ1v) is 6.54. The Morgan fingerprint density at radius 3 is 2.52 bits per heavy atom. The van der Waals surface area contributed by atoms with Crippen LogP contribution in [-0.4, -0.2) is 18.1 Å². The van der Waals surface area contributed by atoms with E-state index in [2.05, 4.69) is 0 Å². The average molecular weight is 309 g/mol. The van der Waals surface area contributed by atoms with Crippen LogP contribution in [0.15, 0.2) is 36.4 Å². The van der Waals surface area contributed by atoms with E-state index in [1.54, 1.807) is 24.1 Å². The first-order valence-electron chi connectivity index (χ1n) is 6.16. The van der Waals surface area contributed by atoms with Crippen LogP contribution in [0, 0.1) is 5.82 Å². The number of rotatable bonds is 4. The van der Waals surface area contributed by atoms with Crippen molar-refractivity contribution in [2.75, 3.05) is 17.7 Å². The van der Waals surface area contributed by atoms with Crippen molar-refractivity contribution in [2.45, 2.75) is 6.54 Å². The van der Waals surface area contributed by atoms with Crippen molar-refractivity contribution in [3.63, 3.8) is 0 Å². The Balaban J connectivity index is 2.36. The maximum absolute atomic E-state index is 12.9. The van der Waals surface area contributed by atoms with E-state index in [0.717, 1.165) is 5.56 Å². The van der Waals surface area contributed by atoms with Gasteiger partial charge in [-0.2, -0.15) is 0 Å². The quantitative estimate of drug-likeness (QED) is 0.850. The molecule has 0 aromatic heterocycles. The summed E-state index contributed by atoms with van der Waals surface area (Å²) in [6.07, 6.45) is 0. The number of benzene rings is 2. The molecule has 2 rings (SSSR count). The first kappa shape index (κ1) is 15.1. The van der Waals surface area contributed by atoms with Crippen molar-refractivity contribution in [1.82, 2.24) is 0 Å². The smallest absolute Gasteiger partial charge is 0.337 e. The summed E-state index contributed by atoms with van der Waals surface area (Å²) in [6, 6.07) is 8.85. The molecule has 0 spiro atoms. The lowest BCUT2D eigenvalue weighted by molar-refractivity contribution is 0.0697. The molecule has 21 heavy (non-hydrogen) atoms. The highest BCUT2D eigenvalue weighted by Crippen LogP contribution is 2.32. The molecule has 0 saturated heterocycles. The van der Waals surface area contributed by atoms with Crippen LogP contribution >= 0.6 is 11.6 Å². The highest BCUT2D eigenvalue weighted by atomic mass is 35.5. The summed E-state index contributed by atoms with van der Waals surface area (Å²) < 4.78 is 12.9. The van der Waals surface area contributed by atoms with Gasteiger partial charge in [-0.15, -0.1) is 0 Å². The summed E-state index contributed by atoms with van der Waals surface area (Å²) in [4.78, 5) is 13.0. The molecule has 0 aliphatic carbocycles. The summed E-state index contributed by atoms with van der Waals surface area (Å²) >= 11 is 6.12. The number of carboxylic acid groups (broad SMARTS) is 1. The minimum atomic E-state index is -1.11. The van der Waals surface area contributed by atoms with Gasteiger partial charge in [-0.1, -0.05) is 23.7 Å². The minimum absolute atomic E-state index is 0.0320. The van der Waals surface area contributed by atoms with Gasteiger partial charge in [-0.25, -0.2) is 9.18 Å².